The predicted molar refractivity (Wildman–Crippen MR) is 243 cm³/mol. The number of Topliss-reactive ketones (excluding diaryl/α,β-unsaturated/α-hetero) is 2. The average Bonchev–Trinajstić information content (AvgIpc) is 3.21. The Labute approximate surface area is 384 Å². The number of nitrogens with zero attached hydrogens (tertiary/aromatic N) is 4. The number of ketones is 2. The molecule has 2 atom stereocenters. The fourth-order valence-corrected chi connectivity index (χ4v) is 6.73. The smallest absolute Gasteiger partial charge is 0.258 e. The molecule has 14 nitrogen and oxygen atoms in total. The number of azo groups is 2. The molecule has 0 saturated heterocycles. The van der Waals surface area contributed by atoms with Gasteiger partial charge in [0.1, 0.15) is 11.4 Å². The number of hydrogen-bond donors (Lipinski definition) is 4. The van der Waals surface area contributed by atoms with Crippen molar-refractivity contribution in [2.24, 2.45) is 20.5 Å². The van der Waals surface area contributed by atoms with E-state index < -0.39 is 47.3 Å². The molecule has 0 fully saturated rings. The third kappa shape index (κ3) is 11.6. The van der Waals surface area contributed by atoms with Gasteiger partial charge in [0.2, 0.25) is 12.1 Å². The van der Waals surface area contributed by atoms with Crippen molar-refractivity contribution in [2.45, 2.75) is 39.8 Å². The van der Waals surface area contributed by atoms with Crippen LogP contribution in [-0.4, -0.2) is 47.3 Å². The van der Waals surface area contributed by atoms with E-state index in [4.69, 9.17) is 69.6 Å². The number of rotatable bonds is 14. The number of para-hydroxylation sites is 2. The molecular formula is C42H32Cl6N8O6. The van der Waals surface area contributed by atoms with Gasteiger partial charge in [-0.25, -0.2) is 0 Å². The van der Waals surface area contributed by atoms with Crippen LogP contribution in [0.4, 0.5) is 34.1 Å². The van der Waals surface area contributed by atoms with Crippen LogP contribution in [0.3, 0.4) is 0 Å². The van der Waals surface area contributed by atoms with Gasteiger partial charge in [-0.15, -0.1) is 0 Å². The number of carbonyl (C=O) groups is 6. The lowest BCUT2D eigenvalue weighted by Gasteiger charge is -2.17. The number of carbonyl (C=O) groups excluding carboxylic acids is 6. The molecule has 5 rings (SSSR count). The largest absolute Gasteiger partial charge is 0.324 e. The Bertz CT molecular complexity index is 2490. The molecule has 4 N–H and O–H groups in total. The quantitative estimate of drug-likeness (QED) is 0.0630. The zero-order valence-corrected chi connectivity index (χ0v) is 37.3. The zero-order valence-electron chi connectivity index (χ0n) is 32.7. The van der Waals surface area contributed by atoms with Crippen molar-refractivity contribution in [3.8, 4) is 0 Å². The molecule has 0 aliphatic rings. The molecule has 5 aromatic rings. The van der Waals surface area contributed by atoms with E-state index in [-0.39, 0.29) is 75.4 Å². The van der Waals surface area contributed by atoms with Crippen molar-refractivity contribution in [1.82, 2.24) is 0 Å². The fraction of sp³-hybridized carbons (Fsp3) is 0.143. The Morgan fingerprint density at radius 2 is 0.806 bits per heavy atom. The molecule has 5 aromatic carbocycles. The molecule has 0 spiro atoms. The first-order valence-corrected chi connectivity index (χ1v) is 20.3. The zero-order chi connectivity index (χ0) is 45.4. The minimum absolute atomic E-state index is 0.00139. The minimum atomic E-state index is -1.62. The van der Waals surface area contributed by atoms with Crippen LogP contribution < -0.4 is 21.3 Å². The van der Waals surface area contributed by atoms with E-state index in [1.54, 1.807) is 50.2 Å². The summed E-state index contributed by atoms with van der Waals surface area (Å²) in [4.78, 5) is 78.0. The fourth-order valence-electron chi connectivity index (χ4n) is 5.44. The van der Waals surface area contributed by atoms with Crippen LogP contribution in [0.25, 0.3) is 0 Å². The SMILES string of the molecule is CC(=O)C(N=Nc1cc(C(=O)Nc2c(Cl)cccc2Cl)ccc1Cl)C(=O)Nc1ccc(NC(=O)C(N=Nc2cc(C(=O)Nc3c(Cl)cccc3Cl)ccc2Cl)C(C)=O)c(C)c1C. The molecule has 62 heavy (non-hydrogen) atoms. The summed E-state index contributed by atoms with van der Waals surface area (Å²) in [5, 5.41) is 27.5. The van der Waals surface area contributed by atoms with Gasteiger partial charge >= 0.3 is 0 Å². The molecule has 0 aliphatic heterocycles. The highest BCUT2D eigenvalue weighted by Crippen LogP contribution is 2.34. The van der Waals surface area contributed by atoms with E-state index >= 15 is 0 Å². The highest BCUT2D eigenvalue weighted by atomic mass is 35.5. The number of anilines is 4. The van der Waals surface area contributed by atoms with Crippen LogP contribution in [0, 0.1) is 13.8 Å². The van der Waals surface area contributed by atoms with E-state index in [9.17, 15) is 28.8 Å². The van der Waals surface area contributed by atoms with Gasteiger partial charge in [0.15, 0.2) is 11.6 Å². The molecule has 4 amide bonds. The Balaban J connectivity index is 1.27. The first-order valence-electron chi connectivity index (χ1n) is 18.0. The molecule has 0 radical (unpaired) electrons. The lowest BCUT2D eigenvalue weighted by molar-refractivity contribution is -0.127. The van der Waals surface area contributed by atoms with Gasteiger partial charge in [-0.1, -0.05) is 81.7 Å². The van der Waals surface area contributed by atoms with Crippen molar-refractivity contribution in [1.29, 1.82) is 0 Å². The molecule has 0 aromatic heterocycles. The number of halogens is 6. The molecule has 20 heteroatoms. The topological polar surface area (TPSA) is 200 Å². The van der Waals surface area contributed by atoms with Crippen LogP contribution in [0.15, 0.2) is 105 Å². The predicted octanol–water partition coefficient (Wildman–Crippen LogP) is 12.1. The normalized spacial score (nSPS) is 12.2. The van der Waals surface area contributed by atoms with Crippen LogP contribution in [0.1, 0.15) is 45.7 Å². The van der Waals surface area contributed by atoms with Crippen LogP contribution in [0.5, 0.6) is 0 Å². The van der Waals surface area contributed by atoms with E-state index in [0.29, 0.717) is 11.1 Å². The summed E-state index contributed by atoms with van der Waals surface area (Å²) < 4.78 is 0. The maximum absolute atomic E-state index is 13.4. The minimum Gasteiger partial charge on any atom is -0.324 e. The van der Waals surface area contributed by atoms with Crippen LogP contribution in [0.2, 0.25) is 30.1 Å². The lowest BCUT2D eigenvalue weighted by atomic mass is 10.0. The second-order valence-corrected chi connectivity index (χ2v) is 15.7. The summed E-state index contributed by atoms with van der Waals surface area (Å²) >= 11 is 37.3. The molecule has 0 aliphatic carbocycles. The van der Waals surface area contributed by atoms with Gasteiger partial charge in [-0.05, 0) is 112 Å². The van der Waals surface area contributed by atoms with Crippen molar-refractivity contribution in [3.63, 3.8) is 0 Å². The molecule has 0 heterocycles. The molecule has 318 valence electrons. The summed E-state index contributed by atoms with van der Waals surface area (Å²) in [6, 6.07) is 17.5. The van der Waals surface area contributed by atoms with Gasteiger partial charge in [-0.2, -0.15) is 20.5 Å². The maximum Gasteiger partial charge on any atom is 0.258 e. The van der Waals surface area contributed by atoms with Crippen LogP contribution >= 0.6 is 69.6 Å². The second kappa shape index (κ2) is 20.9. The van der Waals surface area contributed by atoms with Gasteiger partial charge in [0.25, 0.3) is 23.6 Å². The maximum atomic E-state index is 13.4. The molecule has 0 saturated carbocycles. The second-order valence-electron chi connectivity index (χ2n) is 13.3. The Morgan fingerprint density at radius 1 is 0.468 bits per heavy atom. The van der Waals surface area contributed by atoms with E-state index in [0.717, 1.165) is 13.8 Å². The molecule has 0 bridgehead atoms. The number of nitrogens with one attached hydrogen (secondary N) is 4. The van der Waals surface area contributed by atoms with E-state index in [1.807, 2.05) is 0 Å². The van der Waals surface area contributed by atoms with Crippen molar-refractivity contribution < 1.29 is 28.8 Å². The standard InChI is InChI=1S/C42H32Cl6N8O6/c1-19-20(2)32(50-42(62)36(22(4)58)56-54-34-18-24(12-14-26(34)44)40(60)52-38-29(47)9-6-10-30(38)48)16-15-31(19)49-41(61)35(21(3)57)55-53-33-17-23(11-13-25(33)43)39(59)51-37-27(45)7-5-8-28(37)46/h5-18,35-36H,1-4H3,(H,49,61)(H,50,62)(H,51,59)(H,52,60). The summed E-state index contributed by atoms with van der Waals surface area (Å²) in [5.41, 5.74) is 2.16. The van der Waals surface area contributed by atoms with Crippen molar-refractivity contribution >= 4 is 139 Å². The molecule has 2 unspecified atom stereocenters. The summed E-state index contributed by atoms with van der Waals surface area (Å²) in [5.74, 6) is -4.13. The van der Waals surface area contributed by atoms with Gasteiger partial charge in [-0.3, -0.25) is 28.8 Å². The van der Waals surface area contributed by atoms with Crippen LogP contribution in [-0.2, 0) is 19.2 Å². The van der Waals surface area contributed by atoms with Gasteiger partial charge < -0.3 is 21.3 Å². The third-order valence-corrected chi connectivity index (χ3v) is 10.8. The summed E-state index contributed by atoms with van der Waals surface area (Å²) in [6.07, 6.45) is 0. The Kier molecular flexibility index (Phi) is 15.9. The van der Waals surface area contributed by atoms with Crippen molar-refractivity contribution in [2.75, 3.05) is 21.3 Å². The summed E-state index contributed by atoms with van der Waals surface area (Å²) in [6.45, 7) is 5.62. The third-order valence-electron chi connectivity index (χ3n) is 8.95. The number of amides is 4. The summed E-state index contributed by atoms with van der Waals surface area (Å²) in [7, 11) is 0. The highest BCUT2D eigenvalue weighted by molar-refractivity contribution is 6.41. The number of hydrogen-bond acceptors (Lipinski definition) is 10. The Hall–Kier alpha value is -5.74. The van der Waals surface area contributed by atoms with Gasteiger partial charge in [0, 0.05) is 22.5 Å². The first kappa shape index (κ1) is 47.3. The first-order chi connectivity index (χ1) is 29.4. The molecular weight excluding hydrogens is 925 g/mol. The van der Waals surface area contributed by atoms with E-state index in [1.165, 1.54) is 48.5 Å². The number of benzene rings is 5. The van der Waals surface area contributed by atoms with E-state index in [2.05, 4.69) is 41.7 Å². The monoisotopic (exact) mass is 954 g/mol. The van der Waals surface area contributed by atoms with Gasteiger partial charge in [0.05, 0.1) is 41.5 Å². The Morgan fingerprint density at radius 3 is 1.13 bits per heavy atom. The average molecular weight is 957 g/mol. The highest BCUT2D eigenvalue weighted by Gasteiger charge is 2.27. The van der Waals surface area contributed by atoms with Crippen molar-refractivity contribution in [3.05, 3.63) is 137 Å². The lowest BCUT2D eigenvalue weighted by Crippen LogP contribution is -2.33.